The summed E-state index contributed by atoms with van der Waals surface area (Å²) in [5.74, 6) is -0.174. The maximum Gasteiger partial charge on any atom is 0.261 e. The number of phenols is 1. The molecule has 0 aliphatic carbocycles. The van der Waals surface area contributed by atoms with E-state index in [4.69, 9.17) is 11.6 Å². The van der Waals surface area contributed by atoms with E-state index in [0.717, 1.165) is 11.1 Å². The topological polar surface area (TPSA) is 66.4 Å². The third-order valence-corrected chi connectivity index (χ3v) is 4.69. The zero-order chi connectivity index (χ0) is 14.9. The summed E-state index contributed by atoms with van der Waals surface area (Å²) in [6.45, 7) is 3.76. The second kappa shape index (κ2) is 5.34. The molecule has 6 heteroatoms. The normalized spacial score (nSPS) is 11.3. The van der Waals surface area contributed by atoms with Crippen LogP contribution in [0.1, 0.15) is 11.1 Å². The minimum atomic E-state index is -3.69. The summed E-state index contributed by atoms with van der Waals surface area (Å²) >= 11 is 5.68. The van der Waals surface area contributed by atoms with Gasteiger partial charge in [0, 0.05) is 6.07 Å². The van der Waals surface area contributed by atoms with E-state index in [9.17, 15) is 13.5 Å². The highest BCUT2D eigenvalue weighted by molar-refractivity contribution is 7.92. The zero-order valence-electron chi connectivity index (χ0n) is 11.0. The van der Waals surface area contributed by atoms with Gasteiger partial charge in [0.05, 0.1) is 15.6 Å². The predicted octanol–water partition coefficient (Wildman–Crippen LogP) is 3.46. The van der Waals surface area contributed by atoms with Gasteiger partial charge < -0.3 is 5.11 Å². The zero-order valence-corrected chi connectivity index (χ0v) is 12.6. The molecule has 2 aromatic carbocycles. The number of rotatable bonds is 3. The quantitative estimate of drug-likeness (QED) is 0.912. The van der Waals surface area contributed by atoms with Crippen LogP contribution in [0.15, 0.2) is 41.3 Å². The fourth-order valence-corrected chi connectivity index (χ4v) is 2.92. The van der Waals surface area contributed by atoms with E-state index >= 15 is 0 Å². The van der Waals surface area contributed by atoms with Gasteiger partial charge in [-0.1, -0.05) is 17.7 Å². The molecule has 0 saturated carbocycles. The van der Waals surface area contributed by atoms with Crippen LogP contribution in [0, 0.1) is 13.8 Å². The predicted molar refractivity (Wildman–Crippen MR) is 79.8 cm³/mol. The SMILES string of the molecule is Cc1ccc(S(=O)(=O)Nc2ccc(Cl)c(O)c2)cc1C. The largest absolute Gasteiger partial charge is 0.506 e. The van der Waals surface area contributed by atoms with Gasteiger partial charge in [0.15, 0.2) is 0 Å². The fraction of sp³-hybridized carbons (Fsp3) is 0.143. The van der Waals surface area contributed by atoms with Crippen molar-refractivity contribution in [2.75, 3.05) is 4.72 Å². The van der Waals surface area contributed by atoms with Crippen molar-refractivity contribution in [2.45, 2.75) is 18.7 Å². The summed E-state index contributed by atoms with van der Waals surface area (Å²) in [5, 5.41) is 9.65. The van der Waals surface area contributed by atoms with E-state index in [0.29, 0.717) is 0 Å². The van der Waals surface area contributed by atoms with Crippen LogP contribution in [0.3, 0.4) is 0 Å². The van der Waals surface area contributed by atoms with Crippen LogP contribution in [-0.4, -0.2) is 13.5 Å². The Bertz CT molecular complexity index is 757. The van der Waals surface area contributed by atoms with Crippen LogP contribution in [0.25, 0.3) is 0 Å². The van der Waals surface area contributed by atoms with Gasteiger partial charge in [-0.3, -0.25) is 4.72 Å². The average molecular weight is 312 g/mol. The summed E-state index contributed by atoms with van der Waals surface area (Å²) in [7, 11) is -3.69. The Labute approximate surface area is 123 Å². The van der Waals surface area contributed by atoms with Gasteiger partial charge in [-0.05, 0) is 49.2 Å². The molecule has 0 bridgehead atoms. The molecule has 0 radical (unpaired) electrons. The summed E-state index contributed by atoms with van der Waals surface area (Å²) in [6, 6.07) is 9.08. The van der Waals surface area contributed by atoms with Crippen LogP contribution in [-0.2, 0) is 10.0 Å². The number of anilines is 1. The first-order valence-corrected chi connectivity index (χ1v) is 7.74. The molecule has 0 saturated heterocycles. The average Bonchev–Trinajstić information content (AvgIpc) is 2.37. The molecule has 0 atom stereocenters. The van der Waals surface area contributed by atoms with E-state index in [2.05, 4.69) is 4.72 Å². The van der Waals surface area contributed by atoms with Gasteiger partial charge in [-0.25, -0.2) is 8.42 Å². The van der Waals surface area contributed by atoms with E-state index < -0.39 is 10.0 Å². The molecule has 0 spiro atoms. The van der Waals surface area contributed by atoms with Gasteiger partial charge in [-0.2, -0.15) is 0 Å². The number of hydrogen-bond acceptors (Lipinski definition) is 3. The van der Waals surface area contributed by atoms with E-state index in [1.165, 1.54) is 18.2 Å². The smallest absolute Gasteiger partial charge is 0.261 e. The van der Waals surface area contributed by atoms with Crippen molar-refractivity contribution in [1.82, 2.24) is 0 Å². The van der Waals surface area contributed by atoms with Crippen LogP contribution >= 0.6 is 11.6 Å². The Morgan fingerprint density at radius 2 is 1.75 bits per heavy atom. The standard InChI is InChI=1S/C14H14ClNO3S/c1-9-3-5-12(7-10(9)2)20(18,19)16-11-4-6-13(15)14(17)8-11/h3-8,16-17H,1-2H3. The molecule has 0 aliphatic heterocycles. The van der Waals surface area contributed by atoms with Gasteiger partial charge >= 0.3 is 0 Å². The highest BCUT2D eigenvalue weighted by Crippen LogP contribution is 2.27. The molecular formula is C14H14ClNO3S. The summed E-state index contributed by atoms with van der Waals surface area (Å²) in [4.78, 5) is 0.176. The second-order valence-electron chi connectivity index (χ2n) is 4.52. The number of benzene rings is 2. The Morgan fingerprint density at radius 3 is 2.35 bits per heavy atom. The van der Waals surface area contributed by atoms with Crippen molar-refractivity contribution in [3.8, 4) is 5.75 Å². The van der Waals surface area contributed by atoms with Crippen molar-refractivity contribution in [1.29, 1.82) is 0 Å². The lowest BCUT2D eigenvalue weighted by Gasteiger charge is -2.10. The van der Waals surface area contributed by atoms with Crippen molar-refractivity contribution in [2.24, 2.45) is 0 Å². The molecular weight excluding hydrogens is 298 g/mol. The highest BCUT2D eigenvalue weighted by Gasteiger charge is 2.15. The molecule has 0 heterocycles. The molecule has 20 heavy (non-hydrogen) atoms. The first kappa shape index (κ1) is 14.7. The van der Waals surface area contributed by atoms with Crippen molar-refractivity contribution in [3.63, 3.8) is 0 Å². The van der Waals surface area contributed by atoms with Crippen molar-refractivity contribution in [3.05, 3.63) is 52.5 Å². The molecule has 0 aliphatic rings. The van der Waals surface area contributed by atoms with Crippen LogP contribution in [0.2, 0.25) is 5.02 Å². The molecule has 0 unspecified atom stereocenters. The molecule has 106 valence electrons. The highest BCUT2D eigenvalue weighted by atomic mass is 35.5. The number of nitrogens with one attached hydrogen (secondary N) is 1. The lowest BCUT2D eigenvalue weighted by Crippen LogP contribution is -2.13. The van der Waals surface area contributed by atoms with E-state index in [-0.39, 0.29) is 21.4 Å². The lowest BCUT2D eigenvalue weighted by atomic mass is 10.1. The first-order chi connectivity index (χ1) is 9.29. The van der Waals surface area contributed by atoms with Gasteiger partial charge in [-0.15, -0.1) is 0 Å². The number of aryl methyl sites for hydroxylation is 2. The molecule has 2 N–H and O–H groups in total. The van der Waals surface area contributed by atoms with Gasteiger partial charge in [0.25, 0.3) is 10.0 Å². The molecule has 0 aromatic heterocycles. The summed E-state index contributed by atoms with van der Waals surface area (Å²) in [5.41, 5.74) is 2.17. The third-order valence-electron chi connectivity index (χ3n) is 2.99. The number of phenolic OH excluding ortho intramolecular Hbond substituents is 1. The Kier molecular flexibility index (Phi) is 3.92. The van der Waals surface area contributed by atoms with E-state index in [1.54, 1.807) is 18.2 Å². The number of halogens is 1. The molecule has 2 rings (SSSR count). The molecule has 4 nitrogen and oxygen atoms in total. The summed E-state index contributed by atoms with van der Waals surface area (Å²) < 4.78 is 26.9. The second-order valence-corrected chi connectivity index (χ2v) is 6.61. The lowest BCUT2D eigenvalue weighted by molar-refractivity contribution is 0.476. The molecule has 2 aromatic rings. The third kappa shape index (κ3) is 3.05. The number of hydrogen-bond donors (Lipinski definition) is 2. The molecule has 0 fully saturated rings. The fourth-order valence-electron chi connectivity index (χ4n) is 1.67. The maximum atomic E-state index is 12.2. The minimum absolute atomic E-state index is 0.166. The number of aromatic hydroxyl groups is 1. The van der Waals surface area contributed by atoms with Crippen LogP contribution in [0.4, 0.5) is 5.69 Å². The van der Waals surface area contributed by atoms with Crippen molar-refractivity contribution < 1.29 is 13.5 Å². The molecule has 0 amide bonds. The monoisotopic (exact) mass is 311 g/mol. The van der Waals surface area contributed by atoms with Crippen molar-refractivity contribution >= 4 is 27.3 Å². The Balaban J connectivity index is 2.35. The Hall–Kier alpha value is -1.72. The van der Waals surface area contributed by atoms with Crippen LogP contribution < -0.4 is 4.72 Å². The van der Waals surface area contributed by atoms with Gasteiger partial charge in [0.2, 0.25) is 0 Å². The van der Waals surface area contributed by atoms with Gasteiger partial charge in [0.1, 0.15) is 5.75 Å². The number of sulfonamides is 1. The first-order valence-electron chi connectivity index (χ1n) is 5.88. The van der Waals surface area contributed by atoms with E-state index in [1.807, 2.05) is 13.8 Å². The maximum absolute atomic E-state index is 12.2. The summed E-state index contributed by atoms with van der Waals surface area (Å²) in [6.07, 6.45) is 0. The van der Waals surface area contributed by atoms with Crippen LogP contribution in [0.5, 0.6) is 5.75 Å². The Morgan fingerprint density at radius 1 is 1.05 bits per heavy atom. The minimum Gasteiger partial charge on any atom is -0.506 e.